The van der Waals surface area contributed by atoms with Gasteiger partial charge >= 0.3 is 0 Å². The Labute approximate surface area is 190 Å². The first-order valence-electron chi connectivity index (χ1n) is 10.1. The lowest BCUT2D eigenvalue weighted by molar-refractivity contribution is -0.120. The summed E-state index contributed by atoms with van der Waals surface area (Å²) in [5.41, 5.74) is 2.59. The first-order valence-corrected chi connectivity index (χ1v) is 11.6. The number of amides is 2. The highest BCUT2D eigenvalue weighted by Crippen LogP contribution is 2.20. The van der Waals surface area contributed by atoms with Crippen LogP contribution in [0.15, 0.2) is 88.2 Å². The van der Waals surface area contributed by atoms with E-state index in [1.165, 1.54) is 12.1 Å². The molecule has 0 saturated carbocycles. The molecule has 0 bridgehead atoms. The lowest BCUT2D eigenvalue weighted by Gasteiger charge is -2.08. The van der Waals surface area contributed by atoms with E-state index in [0.29, 0.717) is 16.8 Å². The van der Waals surface area contributed by atoms with Gasteiger partial charge in [-0.05, 0) is 47.5 Å². The van der Waals surface area contributed by atoms with Gasteiger partial charge in [0, 0.05) is 17.6 Å². The van der Waals surface area contributed by atoms with E-state index in [-0.39, 0.29) is 35.4 Å². The summed E-state index contributed by atoms with van der Waals surface area (Å²) in [5, 5.41) is 11.5. The summed E-state index contributed by atoms with van der Waals surface area (Å²) >= 11 is 0. The molecule has 0 unspecified atom stereocenters. The van der Waals surface area contributed by atoms with Crippen LogP contribution in [-0.4, -0.2) is 20.2 Å². The van der Waals surface area contributed by atoms with Gasteiger partial charge in [0.15, 0.2) is 5.76 Å². The normalized spacial score (nSPS) is 11.3. The summed E-state index contributed by atoms with van der Waals surface area (Å²) < 4.78 is 28.4. The van der Waals surface area contributed by atoms with Gasteiger partial charge in [-0.15, -0.1) is 0 Å². The zero-order valence-corrected chi connectivity index (χ0v) is 18.3. The summed E-state index contributed by atoms with van der Waals surface area (Å²) in [7, 11) is -3.80. The number of furan rings is 1. The largest absolute Gasteiger partial charge is 0.451 e. The fourth-order valence-corrected chi connectivity index (χ4v) is 3.86. The molecule has 1 aromatic heterocycles. The van der Waals surface area contributed by atoms with Crippen LogP contribution in [0.5, 0.6) is 0 Å². The van der Waals surface area contributed by atoms with Crippen LogP contribution < -0.4 is 15.8 Å². The van der Waals surface area contributed by atoms with Crippen molar-refractivity contribution in [2.75, 3.05) is 5.32 Å². The van der Waals surface area contributed by atoms with Crippen LogP contribution in [0.4, 0.5) is 5.69 Å². The number of carbonyl (C=O) groups excluding carboxylic acids is 2. The topological polar surface area (TPSA) is 132 Å². The second-order valence-electron chi connectivity index (χ2n) is 7.45. The summed E-state index contributed by atoms with van der Waals surface area (Å²) in [4.78, 5) is 24.7. The molecule has 4 rings (SSSR count). The number of para-hydroxylation sites is 1. The van der Waals surface area contributed by atoms with Crippen LogP contribution in [-0.2, 0) is 27.8 Å². The van der Waals surface area contributed by atoms with Crippen molar-refractivity contribution in [2.45, 2.75) is 17.9 Å². The SMILES string of the molecule is NS(=O)(=O)c1cccc(CNC(=O)Cc2ccc(NC(=O)c3cc4ccccc4o3)cc2)c1. The van der Waals surface area contributed by atoms with Crippen LogP contribution in [0.3, 0.4) is 0 Å². The molecule has 3 aromatic carbocycles. The summed E-state index contributed by atoms with van der Waals surface area (Å²) in [6.07, 6.45) is 0.132. The van der Waals surface area contributed by atoms with Gasteiger partial charge in [-0.25, -0.2) is 13.6 Å². The number of nitrogens with two attached hydrogens (primary N) is 1. The zero-order valence-electron chi connectivity index (χ0n) is 17.4. The Morgan fingerprint density at radius 1 is 0.879 bits per heavy atom. The van der Waals surface area contributed by atoms with E-state index >= 15 is 0 Å². The third kappa shape index (κ3) is 5.65. The van der Waals surface area contributed by atoms with E-state index in [2.05, 4.69) is 10.6 Å². The Bertz CT molecular complexity index is 1390. The maximum absolute atomic E-state index is 12.4. The third-order valence-corrected chi connectivity index (χ3v) is 5.85. The molecule has 0 spiro atoms. The molecule has 9 heteroatoms. The van der Waals surface area contributed by atoms with Crippen molar-refractivity contribution >= 4 is 38.5 Å². The molecule has 2 amide bonds. The van der Waals surface area contributed by atoms with Crippen molar-refractivity contribution in [3.63, 3.8) is 0 Å². The molecule has 0 atom stereocenters. The summed E-state index contributed by atoms with van der Waals surface area (Å²) in [6, 6.07) is 22.1. The van der Waals surface area contributed by atoms with Crippen molar-refractivity contribution in [3.05, 3.63) is 95.7 Å². The van der Waals surface area contributed by atoms with Crippen molar-refractivity contribution in [1.82, 2.24) is 5.32 Å². The van der Waals surface area contributed by atoms with Crippen LogP contribution in [0.1, 0.15) is 21.7 Å². The quantitative estimate of drug-likeness (QED) is 0.387. The molecule has 0 aliphatic rings. The molecule has 0 fully saturated rings. The highest BCUT2D eigenvalue weighted by atomic mass is 32.2. The lowest BCUT2D eigenvalue weighted by atomic mass is 10.1. The molecule has 0 aliphatic carbocycles. The maximum Gasteiger partial charge on any atom is 0.291 e. The Balaban J connectivity index is 1.31. The number of nitrogens with one attached hydrogen (secondary N) is 2. The molecular weight excluding hydrogens is 442 g/mol. The number of fused-ring (bicyclic) bond motifs is 1. The first-order chi connectivity index (χ1) is 15.8. The number of benzene rings is 3. The Hall–Kier alpha value is -3.95. The molecular formula is C24H21N3O5S. The number of carbonyl (C=O) groups is 2. The van der Waals surface area contributed by atoms with Crippen LogP contribution in [0, 0.1) is 0 Å². The predicted molar refractivity (Wildman–Crippen MR) is 124 cm³/mol. The Morgan fingerprint density at radius 3 is 2.36 bits per heavy atom. The van der Waals surface area contributed by atoms with Crippen molar-refractivity contribution < 1.29 is 22.4 Å². The van der Waals surface area contributed by atoms with Gasteiger partial charge in [0.05, 0.1) is 11.3 Å². The van der Waals surface area contributed by atoms with Crippen LogP contribution in [0.2, 0.25) is 0 Å². The molecule has 4 aromatic rings. The third-order valence-electron chi connectivity index (χ3n) is 4.94. The monoisotopic (exact) mass is 463 g/mol. The fourth-order valence-electron chi connectivity index (χ4n) is 3.27. The van der Waals surface area contributed by atoms with Gasteiger partial charge in [0.25, 0.3) is 5.91 Å². The molecule has 0 saturated heterocycles. The predicted octanol–water partition coefficient (Wildman–Crippen LogP) is 3.19. The number of sulfonamides is 1. The van der Waals surface area contributed by atoms with Crippen molar-refractivity contribution in [3.8, 4) is 0 Å². The Morgan fingerprint density at radius 2 is 1.64 bits per heavy atom. The number of primary sulfonamides is 1. The number of hydrogen-bond acceptors (Lipinski definition) is 5. The minimum absolute atomic E-state index is 0.00506. The molecule has 33 heavy (non-hydrogen) atoms. The minimum atomic E-state index is -3.80. The minimum Gasteiger partial charge on any atom is -0.451 e. The van der Waals surface area contributed by atoms with Crippen LogP contribution in [0.25, 0.3) is 11.0 Å². The zero-order chi connectivity index (χ0) is 23.4. The van der Waals surface area contributed by atoms with Crippen molar-refractivity contribution in [2.24, 2.45) is 5.14 Å². The second kappa shape index (κ2) is 9.27. The van der Waals surface area contributed by atoms with Gasteiger partial charge in [-0.3, -0.25) is 9.59 Å². The van der Waals surface area contributed by atoms with Gasteiger partial charge in [-0.2, -0.15) is 0 Å². The molecule has 1 heterocycles. The number of rotatable bonds is 7. The van der Waals surface area contributed by atoms with Gasteiger partial charge in [-0.1, -0.05) is 42.5 Å². The molecule has 8 nitrogen and oxygen atoms in total. The smallest absolute Gasteiger partial charge is 0.291 e. The first kappa shape index (κ1) is 22.3. The van der Waals surface area contributed by atoms with Gasteiger partial charge in [0.2, 0.25) is 15.9 Å². The number of anilines is 1. The van der Waals surface area contributed by atoms with E-state index in [0.717, 1.165) is 10.9 Å². The standard InChI is InChI=1S/C24H21N3O5S/c25-33(30,31)20-6-3-4-17(12-20)15-26-23(28)13-16-8-10-19(11-9-16)27-24(29)22-14-18-5-1-2-7-21(18)32-22/h1-12,14H,13,15H2,(H,26,28)(H,27,29)(H2,25,30,31). The Kier molecular flexibility index (Phi) is 6.25. The highest BCUT2D eigenvalue weighted by Gasteiger charge is 2.13. The average molecular weight is 464 g/mol. The van der Waals surface area contributed by atoms with E-state index in [1.807, 2.05) is 18.2 Å². The van der Waals surface area contributed by atoms with E-state index < -0.39 is 10.0 Å². The van der Waals surface area contributed by atoms with E-state index in [1.54, 1.807) is 48.5 Å². The van der Waals surface area contributed by atoms with Gasteiger partial charge in [0.1, 0.15) is 5.58 Å². The molecule has 4 N–H and O–H groups in total. The lowest BCUT2D eigenvalue weighted by Crippen LogP contribution is -2.24. The fraction of sp³-hybridized carbons (Fsp3) is 0.0833. The number of hydrogen-bond donors (Lipinski definition) is 3. The maximum atomic E-state index is 12.4. The van der Waals surface area contributed by atoms with Crippen LogP contribution >= 0.6 is 0 Å². The van der Waals surface area contributed by atoms with E-state index in [9.17, 15) is 18.0 Å². The molecule has 168 valence electrons. The van der Waals surface area contributed by atoms with Gasteiger partial charge < -0.3 is 15.1 Å². The van der Waals surface area contributed by atoms with E-state index in [4.69, 9.17) is 9.56 Å². The summed E-state index contributed by atoms with van der Waals surface area (Å²) in [5.74, 6) is -0.375. The summed E-state index contributed by atoms with van der Waals surface area (Å²) in [6.45, 7) is 0.174. The second-order valence-corrected chi connectivity index (χ2v) is 9.01. The molecule has 0 radical (unpaired) electrons. The highest BCUT2D eigenvalue weighted by molar-refractivity contribution is 7.89. The average Bonchev–Trinajstić information content (AvgIpc) is 3.23. The molecule has 0 aliphatic heterocycles. The van der Waals surface area contributed by atoms with Crippen molar-refractivity contribution in [1.29, 1.82) is 0 Å².